The molecule has 164 valence electrons. The topological polar surface area (TPSA) is 164 Å². The first-order valence-corrected chi connectivity index (χ1v) is 10.6. The molecule has 0 radical (unpaired) electrons. The molecule has 0 fully saturated rings. The van der Waals surface area contributed by atoms with Crippen molar-refractivity contribution in [2.45, 2.75) is 25.3 Å². The summed E-state index contributed by atoms with van der Waals surface area (Å²) < 4.78 is 41.3. The van der Waals surface area contributed by atoms with Crippen LogP contribution < -0.4 is 10.5 Å². The zero-order valence-electron chi connectivity index (χ0n) is 17.0. The second kappa shape index (κ2) is 8.70. The second-order valence-electron chi connectivity index (χ2n) is 6.27. The Labute approximate surface area is 177 Å². The van der Waals surface area contributed by atoms with Gasteiger partial charge in [-0.3, -0.25) is 0 Å². The van der Waals surface area contributed by atoms with E-state index in [1.807, 2.05) is 0 Å². The lowest BCUT2D eigenvalue weighted by Gasteiger charge is -2.07. The minimum Gasteiger partial charge on any atom is -0.462 e. The third-order valence-electron chi connectivity index (χ3n) is 4.28. The quantitative estimate of drug-likeness (QED) is 0.507. The molecule has 0 aliphatic rings. The van der Waals surface area contributed by atoms with Crippen LogP contribution in [0.1, 0.15) is 39.2 Å². The number of fused-ring (bicyclic) bond motifs is 1. The molecule has 2 heterocycles. The highest BCUT2D eigenvalue weighted by Crippen LogP contribution is 2.29. The molecule has 0 aliphatic heterocycles. The highest BCUT2D eigenvalue weighted by atomic mass is 32.2. The van der Waals surface area contributed by atoms with Crippen LogP contribution in [-0.4, -0.2) is 44.0 Å². The molecule has 0 saturated carbocycles. The zero-order valence-corrected chi connectivity index (χ0v) is 17.8. The molecule has 0 bridgehead atoms. The van der Waals surface area contributed by atoms with Gasteiger partial charge in [-0.15, -0.1) is 0 Å². The number of nitrogens with zero attached hydrogens (tertiary/aromatic N) is 2. The van der Waals surface area contributed by atoms with Gasteiger partial charge in [-0.1, -0.05) is 0 Å². The van der Waals surface area contributed by atoms with Crippen molar-refractivity contribution < 1.29 is 31.9 Å². The molecule has 1 aromatic carbocycles. The lowest BCUT2D eigenvalue weighted by molar-refractivity contribution is 0.0461. The fourth-order valence-corrected chi connectivity index (χ4v) is 3.53. The number of nitrogens with one attached hydrogen (secondary N) is 1. The van der Waals surface area contributed by atoms with Crippen molar-refractivity contribution in [1.29, 1.82) is 0 Å². The fourth-order valence-electron chi connectivity index (χ4n) is 2.80. The average Bonchev–Trinajstić information content (AvgIpc) is 3.08. The molecule has 2 aromatic heterocycles. The summed E-state index contributed by atoms with van der Waals surface area (Å²) in [6, 6.07) is 5.22. The van der Waals surface area contributed by atoms with Gasteiger partial charge in [-0.25, -0.2) is 27.7 Å². The average molecular weight is 448 g/mol. The Balaban J connectivity index is 1.78. The number of nitrogen functional groups attached to an aromatic ring is 1. The SMILES string of the molecule is CCOC(=O)c1c(C)oc2nc(COC(=O)c3ccc(S(=O)(=O)NC)cc3)nc(N)c12. The summed E-state index contributed by atoms with van der Waals surface area (Å²) in [4.78, 5) is 32.6. The summed E-state index contributed by atoms with van der Waals surface area (Å²) >= 11 is 0. The molecule has 0 spiro atoms. The summed E-state index contributed by atoms with van der Waals surface area (Å²) in [6.45, 7) is 3.12. The number of anilines is 1. The second-order valence-corrected chi connectivity index (χ2v) is 8.15. The van der Waals surface area contributed by atoms with Crippen molar-refractivity contribution in [2.75, 3.05) is 19.4 Å². The number of carbonyl (C=O) groups is 2. The van der Waals surface area contributed by atoms with Crippen molar-refractivity contribution in [3.05, 3.63) is 47.0 Å². The van der Waals surface area contributed by atoms with Gasteiger partial charge in [0.15, 0.2) is 12.4 Å². The zero-order chi connectivity index (χ0) is 22.8. The number of sulfonamides is 1. The van der Waals surface area contributed by atoms with Crippen molar-refractivity contribution >= 4 is 38.9 Å². The van der Waals surface area contributed by atoms with E-state index < -0.39 is 22.0 Å². The molecule has 0 saturated heterocycles. The van der Waals surface area contributed by atoms with Gasteiger partial charge in [0.2, 0.25) is 15.7 Å². The lowest BCUT2D eigenvalue weighted by atomic mass is 10.2. The van der Waals surface area contributed by atoms with E-state index in [1.54, 1.807) is 13.8 Å². The van der Waals surface area contributed by atoms with E-state index in [1.165, 1.54) is 31.3 Å². The number of aromatic nitrogens is 2. The van der Waals surface area contributed by atoms with Crippen LogP contribution in [0.4, 0.5) is 5.82 Å². The van der Waals surface area contributed by atoms with Crippen molar-refractivity contribution in [3.8, 4) is 0 Å². The molecule has 0 unspecified atom stereocenters. The fraction of sp³-hybridized carbons (Fsp3) is 0.263. The van der Waals surface area contributed by atoms with Crippen LogP contribution in [0.25, 0.3) is 11.1 Å². The first-order valence-electron chi connectivity index (χ1n) is 9.11. The Kier molecular flexibility index (Phi) is 6.22. The van der Waals surface area contributed by atoms with E-state index >= 15 is 0 Å². The van der Waals surface area contributed by atoms with Gasteiger partial charge in [0.25, 0.3) is 0 Å². The molecule has 0 atom stereocenters. The Morgan fingerprint density at radius 1 is 1.13 bits per heavy atom. The maximum Gasteiger partial charge on any atom is 0.342 e. The van der Waals surface area contributed by atoms with Crippen LogP contribution in [0.3, 0.4) is 0 Å². The highest BCUT2D eigenvalue weighted by molar-refractivity contribution is 7.89. The van der Waals surface area contributed by atoms with Gasteiger partial charge in [-0.2, -0.15) is 4.98 Å². The summed E-state index contributed by atoms with van der Waals surface area (Å²) in [5.74, 6) is -0.981. The number of esters is 2. The largest absolute Gasteiger partial charge is 0.462 e. The molecule has 0 aliphatic carbocycles. The van der Waals surface area contributed by atoms with E-state index in [0.29, 0.717) is 0 Å². The normalized spacial score (nSPS) is 11.5. The van der Waals surface area contributed by atoms with Gasteiger partial charge in [-0.05, 0) is 45.2 Å². The third kappa shape index (κ3) is 4.49. The number of carbonyl (C=O) groups excluding carboxylic acids is 2. The predicted octanol–water partition coefficient (Wildman–Crippen LogP) is 1.56. The molecule has 3 rings (SSSR count). The summed E-state index contributed by atoms with van der Waals surface area (Å²) in [5.41, 5.74) is 6.33. The number of benzene rings is 1. The van der Waals surface area contributed by atoms with Crippen LogP contribution in [-0.2, 0) is 26.1 Å². The molecule has 31 heavy (non-hydrogen) atoms. The Morgan fingerprint density at radius 2 is 1.81 bits per heavy atom. The number of aryl methyl sites for hydroxylation is 1. The molecule has 12 heteroatoms. The van der Waals surface area contributed by atoms with Gasteiger partial charge in [0.1, 0.15) is 17.1 Å². The van der Waals surface area contributed by atoms with Crippen LogP contribution in [0.5, 0.6) is 0 Å². The Hall–Kier alpha value is -3.51. The summed E-state index contributed by atoms with van der Waals surface area (Å²) in [6.07, 6.45) is 0. The van der Waals surface area contributed by atoms with Gasteiger partial charge in [0, 0.05) is 0 Å². The molecule has 0 amide bonds. The van der Waals surface area contributed by atoms with E-state index in [-0.39, 0.29) is 57.7 Å². The molecular formula is C19H20N4O7S. The minimum absolute atomic E-state index is 0.0127. The monoisotopic (exact) mass is 448 g/mol. The van der Waals surface area contributed by atoms with E-state index in [0.717, 1.165) is 0 Å². The summed E-state index contributed by atoms with van der Waals surface area (Å²) in [7, 11) is -2.32. The number of nitrogens with two attached hydrogens (primary N) is 1. The third-order valence-corrected chi connectivity index (χ3v) is 5.71. The van der Waals surface area contributed by atoms with Crippen LogP contribution >= 0.6 is 0 Å². The first kappa shape index (κ1) is 22.2. The number of hydrogen-bond acceptors (Lipinski definition) is 10. The highest BCUT2D eigenvalue weighted by Gasteiger charge is 2.24. The van der Waals surface area contributed by atoms with Gasteiger partial charge in [0.05, 0.1) is 22.5 Å². The predicted molar refractivity (Wildman–Crippen MR) is 109 cm³/mol. The molecule has 3 N–H and O–H groups in total. The summed E-state index contributed by atoms with van der Waals surface area (Å²) in [5, 5.41) is 0.229. The Bertz CT molecular complexity index is 1250. The van der Waals surface area contributed by atoms with Crippen molar-refractivity contribution in [1.82, 2.24) is 14.7 Å². The Morgan fingerprint density at radius 3 is 2.42 bits per heavy atom. The van der Waals surface area contributed by atoms with Crippen molar-refractivity contribution in [3.63, 3.8) is 0 Å². The van der Waals surface area contributed by atoms with Crippen LogP contribution in [0.2, 0.25) is 0 Å². The maximum absolute atomic E-state index is 12.3. The molecule has 11 nitrogen and oxygen atoms in total. The van der Waals surface area contributed by atoms with Crippen LogP contribution in [0.15, 0.2) is 33.6 Å². The van der Waals surface area contributed by atoms with Crippen molar-refractivity contribution in [2.24, 2.45) is 0 Å². The number of hydrogen-bond donors (Lipinski definition) is 2. The standard InChI is InChI=1S/C19H20N4O7S/c1-4-28-19(25)14-10(2)30-17-15(14)16(20)22-13(23-17)9-29-18(24)11-5-7-12(8-6-11)31(26,27)21-3/h5-8,21H,4,9H2,1-3H3,(H2,20,22,23). The minimum atomic E-state index is -3.61. The number of ether oxygens (including phenoxy) is 2. The maximum atomic E-state index is 12.3. The van der Waals surface area contributed by atoms with Gasteiger partial charge < -0.3 is 19.6 Å². The van der Waals surface area contributed by atoms with E-state index in [2.05, 4.69) is 14.7 Å². The van der Waals surface area contributed by atoms with Crippen LogP contribution in [0, 0.1) is 6.92 Å². The number of furan rings is 1. The van der Waals surface area contributed by atoms with E-state index in [9.17, 15) is 18.0 Å². The molecular weight excluding hydrogens is 428 g/mol. The van der Waals surface area contributed by atoms with Gasteiger partial charge >= 0.3 is 11.9 Å². The molecule has 3 aromatic rings. The smallest absolute Gasteiger partial charge is 0.342 e. The lowest BCUT2D eigenvalue weighted by Crippen LogP contribution is -2.18. The number of rotatable bonds is 7. The first-order chi connectivity index (χ1) is 14.7. The van der Waals surface area contributed by atoms with E-state index in [4.69, 9.17) is 19.6 Å².